The lowest BCUT2D eigenvalue weighted by Crippen LogP contribution is -2.11. The van der Waals surface area contributed by atoms with Gasteiger partial charge >= 0.3 is 5.97 Å². The molecule has 15 heavy (non-hydrogen) atoms. The van der Waals surface area contributed by atoms with E-state index in [2.05, 4.69) is 6.58 Å². The molecule has 0 aliphatic carbocycles. The first kappa shape index (κ1) is 9.40. The molecule has 0 atom stereocenters. The van der Waals surface area contributed by atoms with Crippen molar-refractivity contribution in [2.75, 3.05) is 0 Å². The monoisotopic (exact) mass is 200 g/mol. The first-order chi connectivity index (χ1) is 7.09. The van der Waals surface area contributed by atoms with Crippen LogP contribution in [0.25, 0.3) is 10.8 Å². The van der Waals surface area contributed by atoms with Crippen molar-refractivity contribution in [1.82, 2.24) is 0 Å². The third-order valence-electron chi connectivity index (χ3n) is 2.31. The van der Waals surface area contributed by atoms with Gasteiger partial charge in [-0.15, -0.1) is 0 Å². The third kappa shape index (κ3) is 1.48. The lowest BCUT2D eigenvalue weighted by molar-refractivity contribution is -0.132. The SMILES string of the molecule is C=C(C(=O)O)C(=O)c1cc2ccc1cc2. The van der Waals surface area contributed by atoms with E-state index in [1.165, 1.54) is 0 Å². The summed E-state index contributed by atoms with van der Waals surface area (Å²) in [6, 6.07) is 8.99. The van der Waals surface area contributed by atoms with Crippen LogP contribution in [0.5, 0.6) is 0 Å². The summed E-state index contributed by atoms with van der Waals surface area (Å²) in [5, 5.41) is 10.3. The zero-order valence-electron chi connectivity index (χ0n) is 7.86. The highest BCUT2D eigenvalue weighted by atomic mass is 16.4. The van der Waals surface area contributed by atoms with Gasteiger partial charge in [0.25, 0.3) is 0 Å². The molecule has 0 spiro atoms. The molecule has 0 saturated heterocycles. The van der Waals surface area contributed by atoms with Crippen LogP contribution in [-0.2, 0) is 4.79 Å². The second-order valence-corrected chi connectivity index (χ2v) is 3.29. The summed E-state index contributed by atoms with van der Waals surface area (Å²) in [5.74, 6) is -1.80. The Morgan fingerprint density at radius 2 is 1.73 bits per heavy atom. The number of fused-ring (bicyclic) bond motifs is 3. The van der Waals surface area contributed by atoms with Crippen molar-refractivity contribution in [2.45, 2.75) is 0 Å². The number of hydrogen-bond donors (Lipinski definition) is 1. The van der Waals surface area contributed by atoms with Crippen LogP contribution in [0.2, 0.25) is 0 Å². The number of carboxylic acids is 1. The normalized spacial score (nSPS) is 10.4. The average Bonchev–Trinajstić information content (AvgIpc) is 2.28. The van der Waals surface area contributed by atoms with Crippen LogP contribution < -0.4 is 0 Å². The topological polar surface area (TPSA) is 54.4 Å². The van der Waals surface area contributed by atoms with E-state index in [1.807, 2.05) is 12.1 Å². The van der Waals surface area contributed by atoms with E-state index in [1.54, 1.807) is 18.2 Å². The molecule has 1 N–H and O–H groups in total. The summed E-state index contributed by atoms with van der Waals surface area (Å²) in [6.45, 7) is 3.25. The molecule has 3 rings (SSSR count). The number of benzene rings is 3. The summed E-state index contributed by atoms with van der Waals surface area (Å²) in [4.78, 5) is 22.3. The lowest BCUT2D eigenvalue weighted by atomic mass is 9.97. The van der Waals surface area contributed by atoms with Gasteiger partial charge in [0.05, 0.1) is 0 Å². The van der Waals surface area contributed by atoms with Gasteiger partial charge < -0.3 is 5.11 Å². The van der Waals surface area contributed by atoms with E-state index >= 15 is 0 Å². The molecule has 3 nitrogen and oxygen atoms in total. The quantitative estimate of drug-likeness (QED) is 0.357. The van der Waals surface area contributed by atoms with Gasteiger partial charge in [0.2, 0.25) is 0 Å². The number of aliphatic carboxylic acids is 1. The number of carboxylic acid groups (broad SMARTS) is 1. The summed E-state index contributed by atoms with van der Waals surface area (Å²) < 4.78 is 0. The Bertz CT molecular complexity index is 534. The standard InChI is InChI=1S/C12H8O3/c1-7(12(14)15)11(13)10-6-8-2-4-9(10)5-3-8/h2-6H,1H2,(H,14,15). The molecular formula is C12H8O3. The Balaban J connectivity index is 2.48. The maximum Gasteiger partial charge on any atom is 0.339 e. The molecule has 0 unspecified atom stereocenters. The smallest absolute Gasteiger partial charge is 0.339 e. The van der Waals surface area contributed by atoms with E-state index < -0.39 is 17.3 Å². The van der Waals surface area contributed by atoms with Crippen molar-refractivity contribution < 1.29 is 14.7 Å². The van der Waals surface area contributed by atoms with E-state index in [0.717, 1.165) is 10.8 Å². The second-order valence-electron chi connectivity index (χ2n) is 3.29. The predicted molar refractivity (Wildman–Crippen MR) is 56.2 cm³/mol. The Morgan fingerprint density at radius 3 is 2.13 bits per heavy atom. The van der Waals surface area contributed by atoms with E-state index in [0.29, 0.717) is 5.56 Å². The summed E-state index contributed by atoms with van der Waals surface area (Å²) in [6.07, 6.45) is 0. The van der Waals surface area contributed by atoms with Crippen LogP contribution in [-0.4, -0.2) is 16.9 Å². The molecule has 0 aliphatic heterocycles. The van der Waals surface area contributed by atoms with Gasteiger partial charge in [-0.25, -0.2) is 4.79 Å². The van der Waals surface area contributed by atoms with Crippen molar-refractivity contribution >= 4 is 22.5 Å². The van der Waals surface area contributed by atoms with Gasteiger partial charge in [-0.3, -0.25) is 4.79 Å². The number of carbonyl (C=O) groups is 2. The Hall–Kier alpha value is -2.16. The second kappa shape index (κ2) is 3.20. The van der Waals surface area contributed by atoms with E-state index in [-0.39, 0.29) is 0 Å². The highest BCUT2D eigenvalue weighted by Crippen LogP contribution is 2.20. The Kier molecular flexibility index (Phi) is 2.01. The van der Waals surface area contributed by atoms with Gasteiger partial charge in [-0.05, 0) is 16.8 Å². The highest BCUT2D eigenvalue weighted by Gasteiger charge is 2.18. The minimum Gasteiger partial charge on any atom is -0.478 e. The maximum atomic E-state index is 11.7. The number of rotatable bonds is 3. The molecule has 74 valence electrons. The van der Waals surface area contributed by atoms with Crippen LogP contribution in [0.4, 0.5) is 0 Å². The van der Waals surface area contributed by atoms with Crippen LogP contribution >= 0.6 is 0 Å². The summed E-state index contributed by atoms with van der Waals surface area (Å²) >= 11 is 0. The zero-order valence-corrected chi connectivity index (χ0v) is 7.86. The summed E-state index contributed by atoms with van der Waals surface area (Å²) in [7, 11) is 0. The third-order valence-corrected chi connectivity index (χ3v) is 2.31. The van der Waals surface area contributed by atoms with Crippen LogP contribution in [0.15, 0.2) is 42.5 Å². The molecule has 0 aliphatic rings. The van der Waals surface area contributed by atoms with Crippen molar-refractivity contribution in [3.05, 3.63) is 48.0 Å². The fourth-order valence-corrected chi connectivity index (χ4v) is 1.47. The summed E-state index contributed by atoms with van der Waals surface area (Å²) in [5.41, 5.74) is 0.00565. The molecule has 0 amide bonds. The molecular weight excluding hydrogens is 192 g/mol. The number of hydrogen-bond acceptors (Lipinski definition) is 2. The minimum atomic E-state index is -1.28. The van der Waals surface area contributed by atoms with Crippen molar-refractivity contribution in [1.29, 1.82) is 0 Å². The molecule has 2 bridgehead atoms. The molecule has 0 saturated carbocycles. The first-order valence-corrected chi connectivity index (χ1v) is 4.38. The highest BCUT2D eigenvalue weighted by molar-refractivity contribution is 6.26. The minimum absolute atomic E-state index is 0.399. The molecule has 0 fully saturated rings. The van der Waals surface area contributed by atoms with Crippen LogP contribution in [0.3, 0.4) is 0 Å². The number of Topliss-reactive ketones (excluding diaryl/α,β-unsaturated/α-hetero) is 1. The first-order valence-electron chi connectivity index (χ1n) is 4.38. The van der Waals surface area contributed by atoms with Gasteiger partial charge in [0.15, 0.2) is 5.78 Å². The van der Waals surface area contributed by atoms with Crippen molar-refractivity contribution in [3.8, 4) is 0 Å². The van der Waals surface area contributed by atoms with Gasteiger partial charge in [-0.2, -0.15) is 0 Å². The lowest BCUT2D eigenvalue weighted by Gasteiger charge is -2.06. The average molecular weight is 200 g/mol. The largest absolute Gasteiger partial charge is 0.478 e. The molecule has 3 aromatic rings. The van der Waals surface area contributed by atoms with Gasteiger partial charge in [-0.1, -0.05) is 30.8 Å². The zero-order chi connectivity index (χ0) is 11.0. The van der Waals surface area contributed by atoms with E-state index in [4.69, 9.17) is 5.11 Å². The van der Waals surface area contributed by atoms with Gasteiger partial charge in [0, 0.05) is 5.56 Å². The molecule has 3 aromatic carbocycles. The Morgan fingerprint density at radius 1 is 1.13 bits per heavy atom. The number of carbonyl (C=O) groups excluding carboxylic acids is 1. The van der Waals surface area contributed by atoms with Crippen LogP contribution in [0, 0.1) is 0 Å². The molecule has 3 heteroatoms. The van der Waals surface area contributed by atoms with E-state index in [9.17, 15) is 9.59 Å². The predicted octanol–water partition coefficient (Wildman–Crippen LogP) is 2.10. The maximum absolute atomic E-state index is 11.7. The fourth-order valence-electron chi connectivity index (χ4n) is 1.47. The molecule has 0 aromatic heterocycles. The van der Waals surface area contributed by atoms with Crippen molar-refractivity contribution in [3.63, 3.8) is 0 Å². The molecule has 0 radical (unpaired) electrons. The van der Waals surface area contributed by atoms with Gasteiger partial charge in [0.1, 0.15) is 5.57 Å². The fraction of sp³-hybridized carbons (Fsp3) is 0. The Labute approximate surface area is 86.0 Å². The van der Waals surface area contributed by atoms with Crippen molar-refractivity contribution in [2.24, 2.45) is 0 Å². The van der Waals surface area contributed by atoms with Crippen LogP contribution in [0.1, 0.15) is 10.4 Å². The molecule has 0 heterocycles. The number of ketones is 1.